The zero-order chi connectivity index (χ0) is 15.5. The number of esters is 1. The van der Waals surface area contributed by atoms with Crippen molar-refractivity contribution in [1.29, 1.82) is 0 Å². The van der Waals surface area contributed by atoms with Crippen LogP contribution in [0.25, 0.3) is 0 Å². The predicted octanol–water partition coefficient (Wildman–Crippen LogP) is 2.76. The summed E-state index contributed by atoms with van der Waals surface area (Å²) in [6.07, 6.45) is 1.64. The molecule has 1 heterocycles. The first kappa shape index (κ1) is 15.8. The molecule has 2 rings (SSSR count). The molecule has 0 amide bonds. The number of hydrogen-bond donors (Lipinski definition) is 1. The maximum atomic E-state index is 12.1. The van der Waals surface area contributed by atoms with Gasteiger partial charge in [-0.15, -0.1) is 0 Å². The third-order valence-corrected chi connectivity index (χ3v) is 3.81. The third-order valence-electron chi connectivity index (χ3n) is 3.81. The summed E-state index contributed by atoms with van der Waals surface area (Å²) in [5, 5.41) is 3.28. The molecule has 116 valence electrons. The predicted molar refractivity (Wildman–Crippen MR) is 82.1 cm³/mol. The van der Waals surface area contributed by atoms with E-state index in [1.54, 1.807) is 7.11 Å². The number of para-hydroxylation sites is 1. The summed E-state index contributed by atoms with van der Waals surface area (Å²) in [4.78, 5) is 12.1. The van der Waals surface area contributed by atoms with Gasteiger partial charge in [-0.2, -0.15) is 0 Å². The second kappa shape index (κ2) is 6.48. The van der Waals surface area contributed by atoms with E-state index < -0.39 is 5.41 Å². The van der Waals surface area contributed by atoms with Gasteiger partial charge in [0, 0.05) is 5.92 Å². The Bertz CT molecular complexity index is 493. The highest BCUT2D eigenvalue weighted by Gasteiger charge is 2.34. The second-order valence-electron chi connectivity index (χ2n) is 6.59. The van der Waals surface area contributed by atoms with E-state index in [4.69, 9.17) is 9.47 Å². The molecule has 2 atom stereocenters. The van der Waals surface area contributed by atoms with Crippen molar-refractivity contribution in [2.45, 2.75) is 39.8 Å². The van der Waals surface area contributed by atoms with Crippen LogP contribution in [0.4, 0.5) is 0 Å². The van der Waals surface area contributed by atoms with E-state index in [9.17, 15) is 4.79 Å². The molecule has 4 nitrogen and oxygen atoms in total. The fourth-order valence-corrected chi connectivity index (χ4v) is 2.52. The van der Waals surface area contributed by atoms with E-state index in [0.29, 0.717) is 0 Å². The van der Waals surface area contributed by atoms with Crippen LogP contribution in [0.3, 0.4) is 0 Å². The summed E-state index contributed by atoms with van der Waals surface area (Å²) >= 11 is 0. The van der Waals surface area contributed by atoms with E-state index in [1.807, 2.05) is 39.0 Å². The van der Waals surface area contributed by atoms with Crippen molar-refractivity contribution in [3.05, 3.63) is 29.8 Å². The van der Waals surface area contributed by atoms with Gasteiger partial charge in [-0.05, 0) is 51.8 Å². The van der Waals surface area contributed by atoms with Gasteiger partial charge in [0.25, 0.3) is 0 Å². The summed E-state index contributed by atoms with van der Waals surface area (Å²) in [7, 11) is 1.68. The largest absolute Gasteiger partial charge is 0.496 e. The van der Waals surface area contributed by atoms with Crippen LogP contribution < -0.4 is 10.1 Å². The molecule has 2 unspecified atom stereocenters. The Morgan fingerprint density at radius 2 is 2.05 bits per heavy atom. The van der Waals surface area contributed by atoms with Crippen molar-refractivity contribution in [3.63, 3.8) is 0 Å². The van der Waals surface area contributed by atoms with E-state index in [2.05, 4.69) is 11.4 Å². The Kier molecular flexibility index (Phi) is 4.88. The number of rotatable bonds is 4. The highest BCUT2D eigenvalue weighted by molar-refractivity contribution is 5.75. The van der Waals surface area contributed by atoms with Crippen molar-refractivity contribution >= 4 is 5.97 Å². The van der Waals surface area contributed by atoms with Crippen LogP contribution >= 0.6 is 0 Å². The average molecular weight is 291 g/mol. The molecule has 1 aliphatic heterocycles. The first-order valence-electron chi connectivity index (χ1n) is 7.48. The topological polar surface area (TPSA) is 47.6 Å². The van der Waals surface area contributed by atoms with Crippen molar-refractivity contribution in [1.82, 2.24) is 5.32 Å². The number of carbonyl (C=O) groups excluding carboxylic acids is 1. The second-order valence-corrected chi connectivity index (χ2v) is 6.59. The lowest BCUT2D eigenvalue weighted by Gasteiger charge is -2.25. The molecule has 4 heteroatoms. The molecule has 1 aromatic rings. The molecule has 0 bridgehead atoms. The molecular weight excluding hydrogens is 266 g/mol. The van der Waals surface area contributed by atoms with E-state index in [0.717, 1.165) is 30.7 Å². The van der Waals surface area contributed by atoms with Gasteiger partial charge in [0.1, 0.15) is 5.75 Å². The van der Waals surface area contributed by atoms with E-state index in [-0.39, 0.29) is 18.1 Å². The Balaban J connectivity index is 2.04. The Morgan fingerprint density at radius 1 is 1.33 bits per heavy atom. The van der Waals surface area contributed by atoms with E-state index in [1.165, 1.54) is 0 Å². The molecule has 0 aliphatic carbocycles. The van der Waals surface area contributed by atoms with Gasteiger partial charge in [-0.25, -0.2) is 0 Å². The minimum Gasteiger partial charge on any atom is -0.496 e. The normalized spacial score (nSPS) is 22.1. The molecule has 1 aromatic carbocycles. The van der Waals surface area contributed by atoms with Crippen LogP contribution in [0.2, 0.25) is 0 Å². The van der Waals surface area contributed by atoms with Gasteiger partial charge in [-0.3, -0.25) is 10.1 Å². The zero-order valence-corrected chi connectivity index (χ0v) is 13.3. The standard InChI is InChI=1S/C17H25NO3/c1-17(2,3)16(19)21-15-13(9-10-18-15)11-12-7-5-6-8-14(12)20-4/h5-8,13,15,18H,9-11H2,1-4H3. The molecule has 21 heavy (non-hydrogen) atoms. The number of nitrogens with one attached hydrogen (secondary N) is 1. The zero-order valence-electron chi connectivity index (χ0n) is 13.3. The van der Waals surface area contributed by atoms with Gasteiger partial charge < -0.3 is 9.47 Å². The van der Waals surface area contributed by atoms with Gasteiger partial charge in [0.05, 0.1) is 12.5 Å². The summed E-state index contributed by atoms with van der Waals surface area (Å²) in [6.45, 7) is 6.50. The summed E-state index contributed by atoms with van der Waals surface area (Å²) in [6, 6.07) is 8.01. The summed E-state index contributed by atoms with van der Waals surface area (Å²) in [5.74, 6) is 1.02. The maximum Gasteiger partial charge on any atom is 0.312 e. The minimum absolute atomic E-state index is 0.160. The van der Waals surface area contributed by atoms with Crippen molar-refractivity contribution in [2.75, 3.05) is 13.7 Å². The maximum absolute atomic E-state index is 12.1. The van der Waals surface area contributed by atoms with Crippen LogP contribution in [-0.4, -0.2) is 25.9 Å². The molecule has 1 saturated heterocycles. The Labute approximate surface area is 126 Å². The number of ether oxygens (including phenoxy) is 2. The van der Waals surface area contributed by atoms with Crippen molar-refractivity contribution in [2.24, 2.45) is 11.3 Å². The number of methoxy groups -OCH3 is 1. The molecule has 0 aromatic heterocycles. The minimum atomic E-state index is -0.473. The fraction of sp³-hybridized carbons (Fsp3) is 0.588. The number of hydrogen-bond acceptors (Lipinski definition) is 4. The first-order valence-corrected chi connectivity index (χ1v) is 7.48. The van der Waals surface area contributed by atoms with Crippen LogP contribution in [0.5, 0.6) is 5.75 Å². The Morgan fingerprint density at radius 3 is 2.71 bits per heavy atom. The summed E-state index contributed by atoms with van der Waals surface area (Å²) in [5.41, 5.74) is 0.685. The van der Waals surface area contributed by atoms with Crippen LogP contribution in [0, 0.1) is 11.3 Å². The monoisotopic (exact) mass is 291 g/mol. The molecule has 1 N–H and O–H groups in total. The molecule has 1 fully saturated rings. The molecule has 0 radical (unpaired) electrons. The van der Waals surface area contributed by atoms with Gasteiger partial charge in [0.2, 0.25) is 0 Å². The van der Waals surface area contributed by atoms with Crippen LogP contribution in [0.15, 0.2) is 24.3 Å². The molecule has 0 spiro atoms. The fourth-order valence-electron chi connectivity index (χ4n) is 2.52. The van der Waals surface area contributed by atoms with Gasteiger partial charge in [-0.1, -0.05) is 18.2 Å². The van der Waals surface area contributed by atoms with Crippen molar-refractivity contribution in [3.8, 4) is 5.75 Å². The molecule has 0 saturated carbocycles. The van der Waals surface area contributed by atoms with E-state index >= 15 is 0 Å². The third kappa shape index (κ3) is 3.97. The molecule has 1 aliphatic rings. The first-order chi connectivity index (χ1) is 9.91. The quantitative estimate of drug-likeness (QED) is 0.867. The lowest BCUT2D eigenvalue weighted by Crippen LogP contribution is -2.37. The lowest BCUT2D eigenvalue weighted by molar-refractivity contribution is -0.161. The van der Waals surface area contributed by atoms with Gasteiger partial charge in [0.15, 0.2) is 6.23 Å². The van der Waals surface area contributed by atoms with Crippen molar-refractivity contribution < 1.29 is 14.3 Å². The number of carbonyl (C=O) groups is 1. The Hall–Kier alpha value is -1.55. The SMILES string of the molecule is COc1ccccc1CC1CCNC1OC(=O)C(C)(C)C. The van der Waals surface area contributed by atoms with Gasteiger partial charge >= 0.3 is 5.97 Å². The number of benzene rings is 1. The molecular formula is C17H25NO3. The highest BCUT2D eigenvalue weighted by Crippen LogP contribution is 2.28. The summed E-state index contributed by atoms with van der Waals surface area (Å²) < 4.78 is 11.0. The highest BCUT2D eigenvalue weighted by atomic mass is 16.6. The smallest absolute Gasteiger partial charge is 0.312 e. The van der Waals surface area contributed by atoms with Crippen LogP contribution in [-0.2, 0) is 16.0 Å². The van der Waals surface area contributed by atoms with Crippen LogP contribution in [0.1, 0.15) is 32.8 Å². The average Bonchev–Trinajstić information content (AvgIpc) is 2.85. The lowest BCUT2D eigenvalue weighted by atomic mass is 9.95.